The zero-order valence-electron chi connectivity index (χ0n) is 11.1. The first-order valence-electron chi connectivity index (χ1n) is 6.18. The van der Waals surface area contributed by atoms with E-state index in [4.69, 9.17) is 5.11 Å². The van der Waals surface area contributed by atoms with Gasteiger partial charge < -0.3 is 10.0 Å². The van der Waals surface area contributed by atoms with Crippen LogP contribution in [0.15, 0.2) is 24.4 Å². The number of anilines is 1. The largest absolute Gasteiger partial charge is 0.478 e. The first kappa shape index (κ1) is 14.5. The number of carboxylic acid groups (broad SMARTS) is 1. The van der Waals surface area contributed by atoms with Crippen LogP contribution in [0.5, 0.6) is 0 Å². The molecule has 7 heteroatoms. The van der Waals surface area contributed by atoms with Gasteiger partial charge in [-0.3, -0.25) is 0 Å². The average Bonchev–Trinajstić information content (AvgIpc) is 2.76. The Kier molecular flexibility index (Phi) is 4.08. The molecule has 1 N–H and O–H groups in total. The molecule has 1 atom stereocenters. The number of rotatable bonds is 4. The Morgan fingerprint density at radius 1 is 1.55 bits per heavy atom. The molecule has 0 radical (unpaired) electrons. The monoisotopic (exact) mass is 296 g/mol. The number of aromatic nitrogens is 1. The van der Waals surface area contributed by atoms with E-state index in [1.807, 2.05) is 4.90 Å². The molecule has 2 rings (SSSR count). The molecule has 1 aliphatic heterocycles. The van der Waals surface area contributed by atoms with E-state index in [1.165, 1.54) is 6.08 Å². The van der Waals surface area contributed by atoms with Crippen LogP contribution in [0.25, 0.3) is 6.08 Å². The maximum atomic E-state index is 11.5. The first-order chi connectivity index (χ1) is 9.39. The quantitative estimate of drug-likeness (QED) is 0.827. The van der Waals surface area contributed by atoms with E-state index >= 15 is 0 Å². The van der Waals surface area contributed by atoms with Gasteiger partial charge in [-0.05, 0) is 24.6 Å². The van der Waals surface area contributed by atoms with Crippen molar-refractivity contribution in [1.82, 2.24) is 4.98 Å². The minimum Gasteiger partial charge on any atom is -0.478 e. The highest BCUT2D eigenvalue weighted by molar-refractivity contribution is 7.91. The summed E-state index contributed by atoms with van der Waals surface area (Å²) in [5.41, 5.74) is 0.654. The molecular weight excluding hydrogens is 280 g/mol. The number of hydrogen-bond donors (Lipinski definition) is 1. The predicted molar refractivity (Wildman–Crippen MR) is 76.4 cm³/mol. The number of hydrogen-bond acceptors (Lipinski definition) is 5. The Hall–Kier alpha value is -1.89. The van der Waals surface area contributed by atoms with Crippen LogP contribution >= 0.6 is 0 Å². The van der Waals surface area contributed by atoms with Crippen molar-refractivity contribution >= 4 is 27.7 Å². The van der Waals surface area contributed by atoms with Gasteiger partial charge in [-0.25, -0.2) is 18.2 Å². The molecule has 1 aromatic rings. The lowest BCUT2D eigenvalue weighted by atomic mass is 10.2. The molecule has 0 aromatic carbocycles. The summed E-state index contributed by atoms with van der Waals surface area (Å²) >= 11 is 0. The molecule has 0 bridgehead atoms. The van der Waals surface area contributed by atoms with Gasteiger partial charge in [-0.2, -0.15) is 0 Å². The smallest absolute Gasteiger partial charge is 0.328 e. The molecule has 2 heterocycles. The van der Waals surface area contributed by atoms with Crippen molar-refractivity contribution in [3.63, 3.8) is 0 Å². The lowest BCUT2D eigenvalue weighted by Crippen LogP contribution is -2.33. The van der Waals surface area contributed by atoms with Gasteiger partial charge in [0, 0.05) is 30.9 Å². The Morgan fingerprint density at radius 2 is 2.30 bits per heavy atom. The topological polar surface area (TPSA) is 87.6 Å². The third-order valence-electron chi connectivity index (χ3n) is 3.31. The molecule has 0 amide bonds. The second-order valence-electron chi connectivity index (χ2n) is 4.76. The van der Waals surface area contributed by atoms with Crippen molar-refractivity contribution in [2.24, 2.45) is 0 Å². The van der Waals surface area contributed by atoms with E-state index in [9.17, 15) is 13.2 Å². The summed E-state index contributed by atoms with van der Waals surface area (Å²) in [6.45, 7) is 0. The fraction of sp³-hybridized carbons (Fsp3) is 0.385. The highest BCUT2D eigenvalue weighted by Crippen LogP contribution is 2.24. The molecule has 20 heavy (non-hydrogen) atoms. The lowest BCUT2D eigenvalue weighted by molar-refractivity contribution is -0.131. The summed E-state index contributed by atoms with van der Waals surface area (Å²) in [5.74, 6) is -0.143. The first-order valence-corrected chi connectivity index (χ1v) is 8.00. The van der Waals surface area contributed by atoms with Gasteiger partial charge in [0.05, 0.1) is 11.5 Å². The van der Waals surface area contributed by atoms with Gasteiger partial charge in [0.25, 0.3) is 0 Å². The molecule has 0 spiro atoms. The number of carboxylic acids is 1. The SMILES string of the molecule is CN(c1ncccc1/C=C/C(=O)O)C1CCS(=O)(=O)C1. The third kappa shape index (κ3) is 3.36. The molecular formula is C13H16N2O4S. The van der Waals surface area contributed by atoms with Crippen molar-refractivity contribution in [3.05, 3.63) is 30.0 Å². The van der Waals surface area contributed by atoms with Crippen LogP contribution in [0.1, 0.15) is 12.0 Å². The third-order valence-corrected chi connectivity index (χ3v) is 5.06. The van der Waals surface area contributed by atoms with Crippen molar-refractivity contribution in [2.75, 3.05) is 23.5 Å². The molecule has 1 aromatic heterocycles. The Balaban J connectivity index is 2.26. The van der Waals surface area contributed by atoms with Gasteiger partial charge in [-0.15, -0.1) is 0 Å². The molecule has 0 saturated carbocycles. The Morgan fingerprint density at radius 3 is 2.90 bits per heavy atom. The van der Waals surface area contributed by atoms with Crippen LogP contribution in [0.2, 0.25) is 0 Å². The van der Waals surface area contributed by atoms with Crippen LogP contribution in [0, 0.1) is 0 Å². The second kappa shape index (κ2) is 5.62. The summed E-state index contributed by atoms with van der Waals surface area (Å²) in [4.78, 5) is 16.6. The maximum Gasteiger partial charge on any atom is 0.328 e. The van der Waals surface area contributed by atoms with Crippen LogP contribution in [-0.4, -0.2) is 49.1 Å². The highest BCUT2D eigenvalue weighted by Gasteiger charge is 2.31. The van der Waals surface area contributed by atoms with Gasteiger partial charge >= 0.3 is 5.97 Å². The van der Waals surface area contributed by atoms with E-state index in [1.54, 1.807) is 25.4 Å². The molecule has 1 unspecified atom stereocenters. The minimum atomic E-state index is -2.97. The number of nitrogens with zero attached hydrogens (tertiary/aromatic N) is 2. The van der Waals surface area contributed by atoms with Crippen molar-refractivity contribution in [3.8, 4) is 0 Å². The van der Waals surface area contributed by atoms with Crippen molar-refractivity contribution in [1.29, 1.82) is 0 Å². The van der Waals surface area contributed by atoms with Crippen molar-refractivity contribution in [2.45, 2.75) is 12.5 Å². The average molecular weight is 296 g/mol. The van der Waals surface area contributed by atoms with Gasteiger partial charge in [-0.1, -0.05) is 0 Å². The van der Waals surface area contributed by atoms with Crippen LogP contribution in [-0.2, 0) is 14.6 Å². The fourth-order valence-corrected chi connectivity index (χ4v) is 4.02. The number of pyridine rings is 1. The molecule has 6 nitrogen and oxygen atoms in total. The van der Waals surface area contributed by atoms with Crippen LogP contribution in [0.4, 0.5) is 5.82 Å². The van der Waals surface area contributed by atoms with Gasteiger partial charge in [0.1, 0.15) is 5.82 Å². The molecule has 0 aliphatic carbocycles. The van der Waals surface area contributed by atoms with E-state index < -0.39 is 15.8 Å². The van der Waals surface area contributed by atoms with Gasteiger partial charge in [0.15, 0.2) is 9.84 Å². The van der Waals surface area contributed by atoms with Gasteiger partial charge in [0.2, 0.25) is 0 Å². The second-order valence-corrected chi connectivity index (χ2v) is 6.98. The standard InChI is InChI=1S/C13H16N2O4S/c1-15(11-6-8-20(18,19)9-11)13-10(3-2-7-14-13)4-5-12(16)17/h2-5,7,11H,6,8-9H2,1H3,(H,16,17)/b5-4+. The summed E-state index contributed by atoms with van der Waals surface area (Å²) < 4.78 is 23.1. The molecule has 1 fully saturated rings. The maximum absolute atomic E-state index is 11.5. The number of aliphatic carboxylic acids is 1. The van der Waals surface area contributed by atoms with E-state index in [2.05, 4.69) is 4.98 Å². The summed E-state index contributed by atoms with van der Waals surface area (Å²) in [6.07, 6.45) is 4.68. The normalized spacial score (nSPS) is 21.1. The van der Waals surface area contributed by atoms with Crippen molar-refractivity contribution < 1.29 is 18.3 Å². The number of carbonyl (C=O) groups is 1. The summed E-state index contributed by atoms with van der Waals surface area (Å²) in [6, 6.07) is 3.35. The Labute approximate surface area is 117 Å². The zero-order valence-corrected chi connectivity index (χ0v) is 11.9. The van der Waals surface area contributed by atoms with Crippen LogP contribution < -0.4 is 4.90 Å². The fourth-order valence-electron chi connectivity index (χ4n) is 2.25. The number of sulfone groups is 1. The minimum absolute atomic E-state index is 0.113. The molecule has 1 saturated heterocycles. The molecule has 1 aliphatic rings. The summed E-state index contributed by atoms with van der Waals surface area (Å²) in [5, 5.41) is 8.68. The highest BCUT2D eigenvalue weighted by atomic mass is 32.2. The van der Waals surface area contributed by atoms with E-state index in [-0.39, 0.29) is 17.5 Å². The zero-order chi connectivity index (χ0) is 14.8. The lowest BCUT2D eigenvalue weighted by Gasteiger charge is -2.25. The summed E-state index contributed by atoms with van der Waals surface area (Å²) in [7, 11) is -1.18. The van der Waals surface area contributed by atoms with E-state index in [0.717, 1.165) is 6.08 Å². The molecule has 108 valence electrons. The predicted octanol–water partition coefficient (Wildman–Crippen LogP) is 0.803. The van der Waals surface area contributed by atoms with E-state index in [0.29, 0.717) is 17.8 Å². The van der Waals surface area contributed by atoms with Crippen LogP contribution in [0.3, 0.4) is 0 Å². The Bertz CT molecular complexity index is 640.